The fraction of sp³-hybridized carbons (Fsp3) is 0.150. The highest BCUT2D eigenvalue weighted by molar-refractivity contribution is 7.90. The molecule has 0 unspecified atom stereocenters. The molecule has 0 saturated carbocycles. The Morgan fingerprint density at radius 2 is 2.10 bits per heavy atom. The zero-order chi connectivity index (χ0) is 22.2. The van der Waals surface area contributed by atoms with Crippen LogP contribution in [0.3, 0.4) is 0 Å². The largest absolute Gasteiger partial charge is 0.345 e. The Bertz CT molecular complexity index is 1370. The van der Waals surface area contributed by atoms with E-state index in [0.29, 0.717) is 11.0 Å². The second kappa shape index (κ2) is 8.17. The zero-order valence-corrected chi connectivity index (χ0v) is 18.2. The number of aromatic nitrogens is 3. The summed E-state index contributed by atoms with van der Waals surface area (Å²) in [5.74, 6) is -1.53. The molecule has 3 aromatic heterocycles. The van der Waals surface area contributed by atoms with Gasteiger partial charge >= 0.3 is 10.2 Å². The predicted molar refractivity (Wildman–Crippen MR) is 118 cm³/mol. The number of halogens is 1. The van der Waals surface area contributed by atoms with Gasteiger partial charge in [0.15, 0.2) is 11.6 Å². The van der Waals surface area contributed by atoms with Gasteiger partial charge in [-0.05, 0) is 18.2 Å². The lowest BCUT2D eigenvalue weighted by Crippen LogP contribution is -2.32. The molecule has 0 fully saturated rings. The number of anilines is 1. The van der Waals surface area contributed by atoms with E-state index in [0.717, 1.165) is 14.7 Å². The summed E-state index contributed by atoms with van der Waals surface area (Å²) < 4.78 is 42.9. The third-order valence-electron chi connectivity index (χ3n) is 4.83. The maximum absolute atomic E-state index is 15.1. The van der Waals surface area contributed by atoms with Gasteiger partial charge in [-0.15, -0.1) is 11.3 Å². The van der Waals surface area contributed by atoms with E-state index in [-0.39, 0.29) is 23.4 Å². The Morgan fingerprint density at radius 3 is 2.81 bits per heavy atom. The van der Waals surface area contributed by atoms with E-state index in [1.165, 1.54) is 42.8 Å². The Hall–Kier alpha value is -3.15. The lowest BCUT2D eigenvalue weighted by Gasteiger charge is -2.17. The standard InChI is InChI=1S/C20H18FN5O3S2/c1-3-26(2)31(28,29)25-16-6-4-5-13(18(16)21)19(27)15-9-24-20-14(15)7-12(8-23-20)17-10-22-11-30-17/h4-11,25H,3H2,1-2H3,(H,23,24). The Morgan fingerprint density at radius 1 is 1.29 bits per heavy atom. The van der Waals surface area contributed by atoms with Gasteiger partial charge in [-0.2, -0.15) is 12.7 Å². The van der Waals surface area contributed by atoms with Crippen molar-refractivity contribution in [1.82, 2.24) is 19.3 Å². The number of H-pyrrole nitrogens is 1. The minimum Gasteiger partial charge on any atom is -0.345 e. The van der Waals surface area contributed by atoms with E-state index < -0.39 is 21.8 Å². The van der Waals surface area contributed by atoms with E-state index in [1.54, 1.807) is 30.9 Å². The molecule has 31 heavy (non-hydrogen) atoms. The summed E-state index contributed by atoms with van der Waals surface area (Å²) in [5.41, 5.74) is 2.66. The molecular formula is C20H18FN5O3S2. The number of nitrogens with one attached hydrogen (secondary N) is 2. The number of carbonyl (C=O) groups excluding carboxylic acids is 1. The van der Waals surface area contributed by atoms with Crippen LogP contribution < -0.4 is 4.72 Å². The van der Waals surface area contributed by atoms with Crippen molar-refractivity contribution in [2.75, 3.05) is 18.3 Å². The molecular weight excluding hydrogens is 441 g/mol. The van der Waals surface area contributed by atoms with Gasteiger partial charge in [-0.3, -0.25) is 14.5 Å². The smallest absolute Gasteiger partial charge is 0.301 e. The van der Waals surface area contributed by atoms with Crippen LogP contribution in [0.2, 0.25) is 0 Å². The zero-order valence-electron chi connectivity index (χ0n) is 16.6. The number of ketones is 1. The molecule has 160 valence electrons. The van der Waals surface area contributed by atoms with Crippen LogP contribution in [0.5, 0.6) is 0 Å². The van der Waals surface area contributed by atoms with Crippen molar-refractivity contribution in [3.8, 4) is 10.4 Å². The average Bonchev–Trinajstić information content (AvgIpc) is 3.43. The summed E-state index contributed by atoms with van der Waals surface area (Å²) in [6.45, 7) is 1.86. The second-order valence-electron chi connectivity index (χ2n) is 6.71. The van der Waals surface area contributed by atoms with Crippen molar-refractivity contribution >= 4 is 44.1 Å². The highest BCUT2D eigenvalue weighted by atomic mass is 32.2. The monoisotopic (exact) mass is 459 g/mol. The molecule has 2 N–H and O–H groups in total. The van der Waals surface area contributed by atoms with Crippen LogP contribution in [0, 0.1) is 5.82 Å². The lowest BCUT2D eigenvalue weighted by atomic mass is 10.0. The van der Waals surface area contributed by atoms with Crippen LogP contribution in [0.25, 0.3) is 21.5 Å². The summed E-state index contributed by atoms with van der Waals surface area (Å²) in [5, 5.41) is 0.534. The van der Waals surface area contributed by atoms with Crippen molar-refractivity contribution in [3.63, 3.8) is 0 Å². The fourth-order valence-corrected chi connectivity index (χ4v) is 4.54. The molecule has 4 rings (SSSR count). The predicted octanol–water partition coefficient (Wildman–Crippen LogP) is 3.66. The van der Waals surface area contributed by atoms with Gasteiger partial charge < -0.3 is 4.98 Å². The van der Waals surface area contributed by atoms with Crippen LogP contribution in [-0.4, -0.2) is 47.1 Å². The van der Waals surface area contributed by atoms with Crippen LogP contribution in [0.15, 0.2) is 48.4 Å². The molecule has 11 heteroatoms. The molecule has 0 spiro atoms. The number of fused-ring (bicyclic) bond motifs is 1. The molecule has 0 aliphatic heterocycles. The Labute approximate surface area is 182 Å². The number of thiazole rings is 1. The summed E-state index contributed by atoms with van der Waals surface area (Å²) in [7, 11) is -2.57. The first-order chi connectivity index (χ1) is 14.8. The van der Waals surface area contributed by atoms with E-state index in [1.807, 2.05) is 0 Å². The molecule has 0 bridgehead atoms. The van der Waals surface area contributed by atoms with Gasteiger partial charge in [-0.25, -0.2) is 9.37 Å². The Kier molecular flexibility index (Phi) is 5.56. The molecule has 1 aromatic carbocycles. The molecule has 0 radical (unpaired) electrons. The van der Waals surface area contributed by atoms with Gasteiger partial charge in [-0.1, -0.05) is 13.0 Å². The minimum atomic E-state index is -3.94. The van der Waals surface area contributed by atoms with Crippen LogP contribution in [0.4, 0.5) is 10.1 Å². The molecule has 0 aliphatic carbocycles. The summed E-state index contributed by atoms with van der Waals surface area (Å²) in [4.78, 5) is 25.3. The molecule has 3 heterocycles. The average molecular weight is 460 g/mol. The number of pyridine rings is 1. The Balaban J connectivity index is 1.74. The third kappa shape index (κ3) is 3.94. The first-order valence-corrected chi connectivity index (χ1v) is 11.6. The van der Waals surface area contributed by atoms with Crippen LogP contribution in [-0.2, 0) is 10.2 Å². The van der Waals surface area contributed by atoms with E-state index in [4.69, 9.17) is 0 Å². The highest BCUT2D eigenvalue weighted by Crippen LogP contribution is 2.29. The van der Waals surface area contributed by atoms with Crippen molar-refractivity contribution in [2.45, 2.75) is 6.92 Å². The van der Waals surface area contributed by atoms with E-state index in [2.05, 4.69) is 19.7 Å². The van der Waals surface area contributed by atoms with Crippen LogP contribution in [0.1, 0.15) is 22.8 Å². The number of hydrogen-bond donors (Lipinski definition) is 2. The molecule has 0 aliphatic rings. The number of aromatic amines is 1. The van der Waals surface area contributed by atoms with Gasteiger partial charge in [0.2, 0.25) is 0 Å². The number of nitrogens with zero attached hydrogens (tertiary/aromatic N) is 3. The topological polar surface area (TPSA) is 108 Å². The fourth-order valence-electron chi connectivity index (χ4n) is 3.00. The number of carbonyl (C=O) groups is 1. The molecule has 0 amide bonds. The number of hydrogen-bond acceptors (Lipinski definition) is 6. The maximum atomic E-state index is 15.1. The molecule has 4 aromatic rings. The SMILES string of the molecule is CCN(C)S(=O)(=O)Nc1cccc(C(=O)c2c[nH]c3ncc(-c4cncs4)cc23)c1F. The van der Waals surface area contributed by atoms with Crippen molar-refractivity contribution in [2.24, 2.45) is 0 Å². The minimum absolute atomic E-state index is 0.208. The molecule has 0 saturated heterocycles. The van der Waals surface area contributed by atoms with E-state index >= 15 is 4.39 Å². The van der Waals surface area contributed by atoms with Gasteiger partial charge in [0.05, 0.1) is 21.6 Å². The van der Waals surface area contributed by atoms with E-state index in [9.17, 15) is 13.2 Å². The first kappa shape index (κ1) is 21.1. The van der Waals surface area contributed by atoms with Gasteiger partial charge in [0.1, 0.15) is 5.65 Å². The molecule has 0 atom stereocenters. The van der Waals surface area contributed by atoms with Crippen LogP contribution >= 0.6 is 11.3 Å². The van der Waals surface area contributed by atoms with Gasteiger partial charge in [0.25, 0.3) is 0 Å². The van der Waals surface area contributed by atoms with Crippen molar-refractivity contribution in [1.29, 1.82) is 0 Å². The van der Waals surface area contributed by atoms with Crippen molar-refractivity contribution < 1.29 is 17.6 Å². The molecule has 8 nitrogen and oxygen atoms in total. The summed E-state index contributed by atoms with van der Waals surface area (Å²) >= 11 is 1.44. The number of rotatable bonds is 7. The first-order valence-electron chi connectivity index (χ1n) is 9.25. The second-order valence-corrected chi connectivity index (χ2v) is 9.37. The quantitative estimate of drug-likeness (QED) is 0.410. The van der Waals surface area contributed by atoms with Gasteiger partial charge in [0, 0.05) is 48.7 Å². The normalized spacial score (nSPS) is 11.9. The maximum Gasteiger partial charge on any atom is 0.301 e. The highest BCUT2D eigenvalue weighted by Gasteiger charge is 2.23. The summed E-state index contributed by atoms with van der Waals surface area (Å²) in [6.07, 6.45) is 4.84. The third-order valence-corrected chi connectivity index (χ3v) is 7.21. The lowest BCUT2D eigenvalue weighted by molar-refractivity contribution is 0.103. The number of benzene rings is 1. The van der Waals surface area contributed by atoms with Crippen molar-refractivity contribution in [3.05, 3.63) is 65.3 Å². The summed E-state index contributed by atoms with van der Waals surface area (Å²) in [6, 6.07) is 5.81.